The van der Waals surface area contributed by atoms with Crippen molar-refractivity contribution in [3.8, 4) is 0 Å². The summed E-state index contributed by atoms with van der Waals surface area (Å²) in [5, 5.41) is 0. The Bertz CT molecular complexity index is 170. The quantitative estimate of drug-likeness (QED) is 0.542. The second-order valence-corrected chi connectivity index (χ2v) is 4.31. The molecule has 0 aliphatic carbocycles. The first-order valence-electron chi connectivity index (χ1n) is 4.99. The third-order valence-electron chi connectivity index (χ3n) is 2.71. The zero-order chi connectivity index (χ0) is 9.14. The van der Waals surface area contributed by atoms with E-state index in [-0.39, 0.29) is 0 Å². The summed E-state index contributed by atoms with van der Waals surface area (Å²) >= 11 is 0. The van der Waals surface area contributed by atoms with Crippen LogP contribution in [0, 0.1) is 11.8 Å². The predicted octanol–water partition coefficient (Wildman–Crippen LogP) is 2.54. The van der Waals surface area contributed by atoms with E-state index in [1.165, 1.54) is 19.5 Å². The van der Waals surface area contributed by atoms with Gasteiger partial charge in [-0.1, -0.05) is 32.4 Å². The van der Waals surface area contributed by atoms with Gasteiger partial charge in [0, 0.05) is 13.1 Å². The van der Waals surface area contributed by atoms with Crippen molar-refractivity contribution < 1.29 is 0 Å². The number of nitrogens with zero attached hydrogens (tertiary/aromatic N) is 1. The van der Waals surface area contributed by atoms with Crippen LogP contribution in [0.15, 0.2) is 11.6 Å². The molecule has 0 spiro atoms. The molecule has 1 aliphatic heterocycles. The Morgan fingerprint density at radius 1 is 1.50 bits per heavy atom. The van der Waals surface area contributed by atoms with Gasteiger partial charge in [-0.25, -0.2) is 0 Å². The van der Waals surface area contributed by atoms with Gasteiger partial charge in [0.15, 0.2) is 0 Å². The van der Waals surface area contributed by atoms with Gasteiger partial charge in [0.25, 0.3) is 0 Å². The summed E-state index contributed by atoms with van der Waals surface area (Å²) in [6, 6.07) is 0. The van der Waals surface area contributed by atoms with E-state index in [0.29, 0.717) is 0 Å². The molecule has 0 bridgehead atoms. The van der Waals surface area contributed by atoms with Crippen molar-refractivity contribution in [2.75, 3.05) is 20.1 Å². The lowest BCUT2D eigenvalue weighted by molar-refractivity contribution is 0.313. The fourth-order valence-electron chi connectivity index (χ4n) is 2.12. The van der Waals surface area contributed by atoms with Gasteiger partial charge in [0.05, 0.1) is 0 Å². The fourth-order valence-corrected chi connectivity index (χ4v) is 2.12. The minimum Gasteiger partial charge on any atom is -0.305 e. The van der Waals surface area contributed by atoms with Crippen molar-refractivity contribution in [2.45, 2.75) is 27.2 Å². The molecule has 0 aromatic heterocycles. The van der Waals surface area contributed by atoms with E-state index in [4.69, 9.17) is 0 Å². The van der Waals surface area contributed by atoms with Gasteiger partial charge in [0.1, 0.15) is 0 Å². The Morgan fingerprint density at radius 3 is 2.75 bits per heavy atom. The Labute approximate surface area is 76.5 Å². The van der Waals surface area contributed by atoms with Crippen molar-refractivity contribution in [1.82, 2.24) is 4.90 Å². The van der Waals surface area contributed by atoms with Gasteiger partial charge in [-0.15, -0.1) is 0 Å². The zero-order valence-corrected chi connectivity index (χ0v) is 8.80. The number of hydrogen-bond donors (Lipinski definition) is 0. The second kappa shape index (κ2) is 4.08. The van der Waals surface area contributed by atoms with Crippen molar-refractivity contribution in [3.05, 3.63) is 11.6 Å². The SMILES string of the molecule is CC(C)C1=CCCN(C)C[C@@H]1C. The normalized spacial score (nSPS) is 27.1. The van der Waals surface area contributed by atoms with E-state index < -0.39 is 0 Å². The van der Waals surface area contributed by atoms with Crippen molar-refractivity contribution in [1.29, 1.82) is 0 Å². The predicted molar refractivity (Wildman–Crippen MR) is 54.2 cm³/mol. The molecule has 0 radical (unpaired) electrons. The van der Waals surface area contributed by atoms with Crippen molar-refractivity contribution in [3.63, 3.8) is 0 Å². The summed E-state index contributed by atoms with van der Waals surface area (Å²) in [6.07, 6.45) is 3.67. The molecular weight excluding hydrogens is 146 g/mol. The molecule has 0 unspecified atom stereocenters. The first-order valence-corrected chi connectivity index (χ1v) is 4.99. The summed E-state index contributed by atoms with van der Waals surface area (Å²) in [5.74, 6) is 1.48. The molecule has 0 saturated heterocycles. The van der Waals surface area contributed by atoms with E-state index in [1.807, 2.05) is 0 Å². The molecule has 1 nitrogen and oxygen atoms in total. The van der Waals surface area contributed by atoms with Crippen LogP contribution in [0.1, 0.15) is 27.2 Å². The summed E-state index contributed by atoms with van der Waals surface area (Å²) in [7, 11) is 2.22. The third-order valence-corrected chi connectivity index (χ3v) is 2.71. The van der Waals surface area contributed by atoms with Crippen LogP contribution >= 0.6 is 0 Å². The highest BCUT2D eigenvalue weighted by Gasteiger charge is 2.16. The first kappa shape index (κ1) is 9.79. The maximum atomic E-state index is 2.44. The molecule has 0 N–H and O–H groups in total. The highest BCUT2D eigenvalue weighted by atomic mass is 15.1. The minimum atomic E-state index is 0.728. The molecule has 0 aromatic carbocycles. The molecule has 0 aromatic rings. The van der Waals surface area contributed by atoms with E-state index in [1.54, 1.807) is 5.57 Å². The molecule has 1 aliphatic rings. The van der Waals surface area contributed by atoms with Crippen LogP contribution < -0.4 is 0 Å². The average Bonchev–Trinajstić information content (AvgIpc) is 2.10. The topological polar surface area (TPSA) is 3.24 Å². The van der Waals surface area contributed by atoms with Gasteiger partial charge in [0.2, 0.25) is 0 Å². The maximum absolute atomic E-state index is 2.44. The summed E-state index contributed by atoms with van der Waals surface area (Å²) in [4.78, 5) is 2.43. The van der Waals surface area contributed by atoms with Gasteiger partial charge >= 0.3 is 0 Å². The van der Waals surface area contributed by atoms with Gasteiger partial charge in [-0.05, 0) is 25.3 Å². The van der Waals surface area contributed by atoms with Crippen LogP contribution in [0.5, 0.6) is 0 Å². The second-order valence-electron chi connectivity index (χ2n) is 4.31. The van der Waals surface area contributed by atoms with E-state index >= 15 is 0 Å². The fraction of sp³-hybridized carbons (Fsp3) is 0.818. The number of hydrogen-bond acceptors (Lipinski definition) is 1. The van der Waals surface area contributed by atoms with Crippen LogP contribution in [0.4, 0.5) is 0 Å². The van der Waals surface area contributed by atoms with Crippen LogP contribution in [-0.2, 0) is 0 Å². The minimum absolute atomic E-state index is 0.728. The van der Waals surface area contributed by atoms with Crippen LogP contribution in [0.3, 0.4) is 0 Å². The molecule has 1 rings (SSSR count). The summed E-state index contributed by atoms with van der Waals surface area (Å²) in [6.45, 7) is 9.39. The lowest BCUT2D eigenvalue weighted by Gasteiger charge is -2.21. The zero-order valence-electron chi connectivity index (χ0n) is 8.80. The molecule has 1 heterocycles. The lowest BCUT2D eigenvalue weighted by atomic mass is 9.91. The standard InChI is InChI=1S/C11H21N/c1-9(2)11-6-5-7-12(4)8-10(11)3/h6,9-10H,5,7-8H2,1-4H3/t10-/m0/s1. The summed E-state index contributed by atoms with van der Waals surface area (Å²) in [5.41, 5.74) is 1.65. The molecule has 1 atom stereocenters. The van der Waals surface area contributed by atoms with Gasteiger partial charge in [-0.3, -0.25) is 0 Å². The highest BCUT2D eigenvalue weighted by Crippen LogP contribution is 2.23. The molecular formula is C11H21N. The van der Waals surface area contributed by atoms with Gasteiger partial charge in [-0.2, -0.15) is 0 Å². The summed E-state index contributed by atoms with van der Waals surface area (Å²) < 4.78 is 0. The Morgan fingerprint density at radius 2 is 2.17 bits per heavy atom. The average molecular weight is 167 g/mol. The largest absolute Gasteiger partial charge is 0.305 e. The van der Waals surface area contributed by atoms with Crippen LogP contribution in [0.25, 0.3) is 0 Å². The molecule has 1 heteroatoms. The lowest BCUT2D eigenvalue weighted by Crippen LogP contribution is -2.24. The van der Waals surface area contributed by atoms with Crippen LogP contribution in [0.2, 0.25) is 0 Å². The van der Waals surface area contributed by atoms with Crippen LogP contribution in [-0.4, -0.2) is 25.0 Å². The Balaban J connectivity index is 2.65. The molecule has 12 heavy (non-hydrogen) atoms. The molecule has 0 saturated carbocycles. The van der Waals surface area contributed by atoms with Gasteiger partial charge < -0.3 is 4.90 Å². The smallest absolute Gasteiger partial charge is 0.00415 e. The van der Waals surface area contributed by atoms with E-state index in [0.717, 1.165) is 11.8 Å². The van der Waals surface area contributed by atoms with Crippen molar-refractivity contribution in [2.24, 2.45) is 11.8 Å². The third kappa shape index (κ3) is 2.34. The number of rotatable bonds is 1. The molecule has 70 valence electrons. The van der Waals surface area contributed by atoms with E-state index in [2.05, 4.69) is 38.8 Å². The Kier molecular flexibility index (Phi) is 3.33. The van der Waals surface area contributed by atoms with Crippen molar-refractivity contribution >= 4 is 0 Å². The maximum Gasteiger partial charge on any atom is 0.00415 e. The first-order chi connectivity index (χ1) is 5.61. The Hall–Kier alpha value is -0.300. The highest BCUT2D eigenvalue weighted by molar-refractivity contribution is 5.10. The van der Waals surface area contributed by atoms with E-state index in [9.17, 15) is 0 Å². The monoisotopic (exact) mass is 167 g/mol. The molecule has 0 fully saturated rings. The molecule has 0 amide bonds.